The van der Waals surface area contributed by atoms with E-state index in [0.29, 0.717) is 16.5 Å². The van der Waals surface area contributed by atoms with Crippen LogP contribution in [-0.2, 0) is 0 Å². The number of carbonyl (C=O) groups is 1. The van der Waals surface area contributed by atoms with E-state index < -0.39 is 0 Å². The molecule has 0 saturated heterocycles. The van der Waals surface area contributed by atoms with Crippen molar-refractivity contribution in [1.29, 1.82) is 0 Å². The van der Waals surface area contributed by atoms with Gasteiger partial charge in [0.25, 0.3) is 5.78 Å². The Morgan fingerprint density at radius 1 is 1.65 bits per heavy atom. The molecule has 0 amide bonds. The summed E-state index contributed by atoms with van der Waals surface area (Å²) in [6.45, 7) is 6.99. The molecule has 0 aromatic carbocycles. The molecule has 0 atom stereocenters. The quantitative estimate of drug-likeness (QED) is 0.470. The van der Waals surface area contributed by atoms with Crippen LogP contribution < -0.4 is 0 Å². The molecule has 0 aliphatic carbocycles. The summed E-state index contributed by atoms with van der Waals surface area (Å²) in [5, 5.41) is 4.94. The number of aromatic nitrogens is 4. The normalized spacial score (nSPS) is 10.7. The van der Waals surface area contributed by atoms with E-state index in [2.05, 4.69) is 21.6 Å². The Balaban J connectivity index is 2.50. The van der Waals surface area contributed by atoms with Crippen LogP contribution in [0.5, 0.6) is 0 Å². The molecule has 17 heavy (non-hydrogen) atoms. The predicted octanol–water partition coefficient (Wildman–Crippen LogP) is 1.91. The lowest BCUT2D eigenvalue weighted by atomic mass is 10.2. The van der Waals surface area contributed by atoms with Gasteiger partial charge in [0, 0.05) is 11.9 Å². The summed E-state index contributed by atoms with van der Waals surface area (Å²) in [4.78, 5) is 19.7. The van der Waals surface area contributed by atoms with E-state index in [4.69, 9.17) is 0 Å². The number of nitrogens with zero attached hydrogens (tertiary/aromatic N) is 4. The van der Waals surface area contributed by atoms with Crippen molar-refractivity contribution in [2.24, 2.45) is 0 Å². The highest BCUT2D eigenvalue weighted by atomic mass is 32.2. The third-order valence-corrected chi connectivity index (χ3v) is 3.13. The highest BCUT2D eigenvalue weighted by molar-refractivity contribution is 7.99. The standard InChI is InChI=1S/C11H12N4OS/c1-4-5-17-11-13-10-12-6-9(8(3)16)7(2)15(10)14-11/h4,6H,1,5H2,2-3H3. The van der Waals surface area contributed by atoms with Crippen molar-refractivity contribution in [3.8, 4) is 0 Å². The van der Waals surface area contributed by atoms with E-state index in [0.717, 1.165) is 11.4 Å². The molecular weight excluding hydrogens is 236 g/mol. The zero-order chi connectivity index (χ0) is 12.4. The Morgan fingerprint density at radius 3 is 3.06 bits per heavy atom. The molecule has 2 aromatic rings. The Labute approximate surface area is 103 Å². The second kappa shape index (κ2) is 4.67. The van der Waals surface area contributed by atoms with Gasteiger partial charge in [-0.3, -0.25) is 4.79 Å². The second-order valence-corrected chi connectivity index (χ2v) is 4.51. The minimum absolute atomic E-state index is 0.0207. The van der Waals surface area contributed by atoms with Gasteiger partial charge in [0.1, 0.15) is 0 Å². The Hall–Kier alpha value is -1.69. The number of carbonyl (C=O) groups excluding carboxylic acids is 1. The zero-order valence-corrected chi connectivity index (χ0v) is 10.5. The van der Waals surface area contributed by atoms with Crippen LogP contribution in [0.25, 0.3) is 5.78 Å². The lowest BCUT2D eigenvalue weighted by Gasteiger charge is -2.01. The SMILES string of the molecule is C=CCSc1nc2ncc(C(C)=O)c(C)n2n1. The van der Waals surface area contributed by atoms with Gasteiger partial charge in [0.2, 0.25) is 5.16 Å². The van der Waals surface area contributed by atoms with E-state index in [1.807, 2.05) is 6.92 Å². The highest BCUT2D eigenvalue weighted by Crippen LogP contribution is 2.16. The molecule has 2 heterocycles. The Bertz CT molecular complexity index is 590. The van der Waals surface area contributed by atoms with Gasteiger partial charge < -0.3 is 0 Å². The molecule has 0 unspecified atom stereocenters. The van der Waals surface area contributed by atoms with Crippen molar-refractivity contribution < 1.29 is 4.79 Å². The van der Waals surface area contributed by atoms with Gasteiger partial charge in [-0.05, 0) is 13.8 Å². The Kier molecular flexibility index (Phi) is 3.23. The summed E-state index contributed by atoms with van der Waals surface area (Å²) in [6.07, 6.45) is 3.33. The first-order chi connectivity index (χ1) is 8.13. The van der Waals surface area contributed by atoms with Crippen molar-refractivity contribution >= 4 is 23.3 Å². The maximum Gasteiger partial charge on any atom is 0.253 e. The van der Waals surface area contributed by atoms with Crippen LogP contribution in [0.15, 0.2) is 24.0 Å². The molecule has 5 nitrogen and oxygen atoms in total. The highest BCUT2D eigenvalue weighted by Gasteiger charge is 2.12. The minimum Gasteiger partial charge on any atom is -0.294 e. The summed E-state index contributed by atoms with van der Waals surface area (Å²) >= 11 is 1.48. The molecule has 88 valence electrons. The maximum atomic E-state index is 11.4. The molecule has 0 saturated carbocycles. The topological polar surface area (TPSA) is 60.2 Å². The van der Waals surface area contributed by atoms with Gasteiger partial charge in [-0.25, -0.2) is 4.98 Å². The molecule has 2 aromatic heterocycles. The van der Waals surface area contributed by atoms with Crippen LogP contribution >= 0.6 is 11.8 Å². The smallest absolute Gasteiger partial charge is 0.253 e. The molecule has 0 radical (unpaired) electrons. The summed E-state index contributed by atoms with van der Waals surface area (Å²) < 4.78 is 1.60. The van der Waals surface area contributed by atoms with E-state index in [1.54, 1.807) is 16.8 Å². The van der Waals surface area contributed by atoms with E-state index >= 15 is 0 Å². The fourth-order valence-corrected chi connectivity index (χ4v) is 2.02. The summed E-state index contributed by atoms with van der Waals surface area (Å²) in [7, 11) is 0. The fraction of sp³-hybridized carbons (Fsp3) is 0.273. The van der Waals surface area contributed by atoms with E-state index in [1.165, 1.54) is 18.7 Å². The third kappa shape index (κ3) is 2.21. The van der Waals surface area contributed by atoms with Crippen molar-refractivity contribution in [3.63, 3.8) is 0 Å². The second-order valence-electron chi connectivity index (χ2n) is 3.52. The number of fused-ring (bicyclic) bond motifs is 1. The first-order valence-electron chi connectivity index (χ1n) is 5.10. The average molecular weight is 248 g/mol. The van der Waals surface area contributed by atoms with Crippen molar-refractivity contribution in [1.82, 2.24) is 19.6 Å². The monoisotopic (exact) mass is 248 g/mol. The number of ketones is 1. The maximum absolute atomic E-state index is 11.4. The average Bonchev–Trinajstić information content (AvgIpc) is 2.70. The third-order valence-electron chi connectivity index (χ3n) is 2.30. The number of Topliss-reactive ketones (excluding diaryl/α,β-unsaturated/α-hetero) is 1. The summed E-state index contributed by atoms with van der Waals surface area (Å²) in [6, 6.07) is 0. The molecule has 6 heteroatoms. The first kappa shape index (κ1) is 11.8. The fourth-order valence-electron chi connectivity index (χ4n) is 1.46. The van der Waals surface area contributed by atoms with Gasteiger partial charge >= 0.3 is 0 Å². The van der Waals surface area contributed by atoms with Crippen LogP contribution in [0.3, 0.4) is 0 Å². The van der Waals surface area contributed by atoms with Crippen molar-refractivity contribution in [2.45, 2.75) is 19.0 Å². The van der Waals surface area contributed by atoms with Gasteiger partial charge in [0.15, 0.2) is 5.78 Å². The first-order valence-corrected chi connectivity index (χ1v) is 6.09. The van der Waals surface area contributed by atoms with Gasteiger partial charge in [-0.15, -0.1) is 11.7 Å². The van der Waals surface area contributed by atoms with Crippen LogP contribution in [-0.4, -0.2) is 31.1 Å². The molecule has 0 bridgehead atoms. The lowest BCUT2D eigenvalue weighted by molar-refractivity contribution is 0.101. The molecule has 0 aliphatic rings. The predicted molar refractivity (Wildman–Crippen MR) is 66.4 cm³/mol. The van der Waals surface area contributed by atoms with Crippen LogP contribution in [0.2, 0.25) is 0 Å². The van der Waals surface area contributed by atoms with Gasteiger partial charge in [0.05, 0.1) is 11.3 Å². The Morgan fingerprint density at radius 2 is 2.41 bits per heavy atom. The largest absolute Gasteiger partial charge is 0.294 e. The van der Waals surface area contributed by atoms with Crippen LogP contribution in [0, 0.1) is 6.92 Å². The molecular formula is C11H12N4OS. The summed E-state index contributed by atoms with van der Waals surface area (Å²) in [5.74, 6) is 1.24. The van der Waals surface area contributed by atoms with Gasteiger partial charge in [-0.2, -0.15) is 9.50 Å². The number of hydrogen-bond donors (Lipinski definition) is 0. The number of aryl methyl sites for hydroxylation is 1. The summed E-state index contributed by atoms with van der Waals surface area (Å²) in [5.41, 5.74) is 1.34. The molecule has 2 rings (SSSR count). The van der Waals surface area contributed by atoms with Crippen molar-refractivity contribution in [2.75, 3.05) is 5.75 Å². The van der Waals surface area contributed by atoms with Crippen molar-refractivity contribution in [3.05, 3.63) is 30.1 Å². The molecule has 0 N–H and O–H groups in total. The molecule has 0 fully saturated rings. The lowest BCUT2D eigenvalue weighted by Crippen LogP contribution is -2.05. The van der Waals surface area contributed by atoms with Gasteiger partial charge in [-0.1, -0.05) is 17.8 Å². The molecule has 0 spiro atoms. The van der Waals surface area contributed by atoms with Crippen LogP contribution in [0.1, 0.15) is 23.0 Å². The minimum atomic E-state index is -0.0207. The van der Waals surface area contributed by atoms with Crippen LogP contribution in [0.4, 0.5) is 0 Å². The number of hydrogen-bond acceptors (Lipinski definition) is 5. The zero-order valence-electron chi connectivity index (χ0n) is 9.67. The number of thioether (sulfide) groups is 1. The van der Waals surface area contributed by atoms with E-state index in [9.17, 15) is 4.79 Å². The van der Waals surface area contributed by atoms with E-state index in [-0.39, 0.29) is 5.78 Å². The number of rotatable bonds is 4. The molecule has 0 aliphatic heterocycles.